The van der Waals surface area contributed by atoms with Crippen LogP contribution in [0.1, 0.15) is 42.6 Å². The number of hydrogen-bond acceptors (Lipinski definition) is 3. The summed E-state index contributed by atoms with van der Waals surface area (Å²) in [6.45, 7) is 6.61. The van der Waals surface area contributed by atoms with Gasteiger partial charge in [-0.3, -0.25) is 0 Å². The zero-order valence-corrected chi connectivity index (χ0v) is 15.6. The topological polar surface area (TPSA) is 26.3 Å². The van der Waals surface area contributed by atoms with E-state index >= 15 is 0 Å². The Balaban J connectivity index is 1.86. The van der Waals surface area contributed by atoms with E-state index in [-0.39, 0.29) is 5.97 Å². The van der Waals surface area contributed by atoms with Gasteiger partial charge >= 0.3 is 5.97 Å². The predicted octanol–water partition coefficient (Wildman–Crippen LogP) is 6.38. The number of carbonyl (C=O) groups excluding carboxylic acids is 1. The highest BCUT2D eigenvalue weighted by Gasteiger charge is 2.10. The molecule has 0 aliphatic heterocycles. The third-order valence-corrected chi connectivity index (χ3v) is 5.15. The van der Waals surface area contributed by atoms with Gasteiger partial charge < -0.3 is 4.74 Å². The number of benzene rings is 2. The largest absolute Gasteiger partial charge is 0.462 e. The molecule has 0 saturated heterocycles. The molecule has 3 rings (SSSR count). The number of rotatable bonds is 5. The first-order valence-electron chi connectivity index (χ1n) is 8.55. The maximum Gasteiger partial charge on any atom is 0.338 e. The fourth-order valence-electron chi connectivity index (χ4n) is 2.71. The number of ether oxygens (including phenoxy) is 1. The lowest BCUT2D eigenvalue weighted by Crippen LogP contribution is -2.04. The van der Waals surface area contributed by atoms with E-state index in [4.69, 9.17) is 4.74 Å². The van der Waals surface area contributed by atoms with E-state index in [0.29, 0.717) is 18.1 Å². The summed E-state index contributed by atoms with van der Waals surface area (Å²) in [5.41, 5.74) is 5.41. The minimum Gasteiger partial charge on any atom is -0.462 e. The first kappa shape index (κ1) is 17.4. The average molecular weight is 350 g/mol. The summed E-state index contributed by atoms with van der Waals surface area (Å²) in [6.07, 6.45) is 0. The molecular formula is C22H22O2S. The molecule has 128 valence electrons. The van der Waals surface area contributed by atoms with Gasteiger partial charge in [-0.05, 0) is 58.7 Å². The van der Waals surface area contributed by atoms with Gasteiger partial charge in [-0.25, -0.2) is 4.79 Å². The van der Waals surface area contributed by atoms with Crippen LogP contribution in [0.15, 0.2) is 60.0 Å². The van der Waals surface area contributed by atoms with E-state index in [2.05, 4.69) is 49.6 Å². The molecule has 0 aliphatic carbocycles. The Morgan fingerprint density at radius 2 is 1.76 bits per heavy atom. The van der Waals surface area contributed by atoms with Gasteiger partial charge in [0.25, 0.3) is 0 Å². The van der Waals surface area contributed by atoms with Crippen LogP contribution in [0.2, 0.25) is 0 Å². The van der Waals surface area contributed by atoms with Crippen LogP contribution >= 0.6 is 11.3 Å². The van der Waals surface area contributed by atoms with Gasteiger partial charge in [0.1, 0.15) is 0 Å². The van der Waals surface area contributed by atoms with Crippen LogP contribution in [0.3, 0.4) is 0 Å². The molecule has 3 aromatic rings. The summed E-state index contributed by atoms with van der Waals surface area (Å²) in [5, 5.41) is 2.16. The second-order valence-electron chi connectivity index (χ2n) is 6.28. The third-order valence-electron chi connectivity index (χ3n) is 4.17. The summed E-state index contributed by atoms with van der Waals surface area (Å²) in [5.74, 6) is 0.267. The second-order valence-corrected chi connectivity index (χ2v) is 7.19. The summed E-state index contributed by atoms with van der Waals surface area (Å²) in [4.78, 5) is 13.1. The molecule has 0 aliphatic rings. The molecule has 0 atom stereocenters. The lowest BCUT2D eigenvalue weighted by molar-refractivity contribution is 0.0526. The van der Waals surface area contributed by atoms with E-state index in [1.165, 1.54) is 16.7 Å². The zero-order valence-electron chi connectivity index (χ0n) is 14.8. The Kier molecular flexibility index (Phi) is 5.34. The Bertz CT molecular complexity index is 860. The molecule has 0 spiro atoms. The highest BCUT2D eigenvalue weighted by atomic mass is 32.1. The molecule has 2 aromatic carbocycles. The minimum absolute atomic E-state index is 0.273. The highest BCUT2D eigenvalue weighted by molar-refractivity contribution is 7.14. The van der Waals surface area contributed by atoms with Crippen molar-refractivity contribution in [2.24, 2.45) is 0 Å². The fraction of sp³-hybridized carbons (Fsp3) is 0.227. The van der Waals surface area contributed by atoms with Gasteiger partial charge in [0.2, 0.25) is 0 Å². The van der Waals surface area contributed by atoms with Crippen molar-refractivity contribution in [2.45, 2.75) is 26.7 Å². The lowest BCUT2D eigenvalue weighted by Gasteiger charge is -2.06. The summed E-state index contributed by atoms with van der Waals surface area (Å²) in [6, 6.07) is 18.5. The van der Waals surface area contributed by atoms with Gasteiger partial charge in [0.05, 0.1) is 12.2 Å². The zero-order chi connectivity index (χ0) is 17.8. The van der Waals surface area contributed by atoms with Gasteiger partial charge in [0, 0.05) is 4.88 Å². The van der Waals surface area contributed by atoms with E-state index in [9.17, 15) is 4.79 Å². The van der Waals surface area contributed by atoms with Crippen LogP contribution in [0.4, 0.5) is 0 Å². The van der Waals surface area contributed by atoms with Crippen molar-refractivity contribution in [3.63, 3.8) is 0 Å². The molecule has 0 saturated carbocycles. The molecule has 0 fully saturated rings. The van der Waals surface area contributed by atoms with E-state index < -0.39 is 0 Å². The lowest BCUT2D eigenvalue weighted by atomic mass is 9.99. The number of carbonyl (C=O) groups is 1. The average Bonchev–Trinajstić information content (AvgIpc) is 3.12. The van der Waals surface area contributed by atoms with Crippen LogP contribution in [0, 0.1) is 0 Å². The Morgan fingerprint density at radius 3 is 2.44 bits per heavy atom. The Morgan fingerprint density at radius 1 is 1.00 bits per heavy atom. The molecule has 0 N–H and O–H groups in total. The number of hydrogen-bond donors (Lipinski definition) is 0. The molecule has 0 bridgehead atoms. The maximum atomic E-state index is 11.9. The van der Waals surface area contributed by atoms with Crippen molar-refractivity contribution in [1.82, 2.24) is 0 Å². The summed E-state index contributed by atoms with van der Waals surface area (Å²) < 4.78 is 5.09. The molecular weight excluding hydrogens is 328 g/mol. The predicted molar refractivity (Wildman–Crippen MR) is 105 cm³/mol. The van der Waals surface area contributed by atoms with Crippen molar-refractivity contribution in [1.29, 1.82) is 0 Å². The monoisotopic (exact) mass is 350 g/mol. The minimum atomic E-state index is -0.273. The molecule has 1 aromatic heterocycles. The third kappa shape index (κ3) is 3.99. The van der Waals surface area contributed by atoms with Gasteiger partial charge in [0.15, 0.2) is 0 Å². The quantitative estimate of drug-likeness (QED) is 0.499. The Labute approximate surface area is 153 Å². The van der Waals surface area contributed by atoms with Crippen molar-refractivity contribution < 1.29 is 9.53 Å². The van der Waals surface area contributed by atoms with E-state index in [0.717, 1.165) is 10.4 Å². The number of esters is 1. The maximum absolute atomic E-state index is 11.9. The van der Waals surface area contributed by atoms with Crippen LogP contribution in [0.25, 0.3) is 21.6 Å². The van der Waals surface area contributed by atoms with Crippen LogP contribution < -0.4 is 0 Å². The summed E-state index contributed by atoms with van der Waals surface area (Å²) >= 11 is 1.69. The van der Waals surface area contributed by atoms with Gasteiger partial charge in [-0.1, -0.05) is 50.2 Å². The van der Waals surface area contributed by atoms with Gasteiger partial charge in [-0.15, -0.1) is 11.3 Å². The fourth-order valence-corrected chi connectivity index (χ4v) is 3.63. The highest BCUT2D eigenvalue weighted by Crippen LogP contribution is 2.33. The van der Waals surface area contributed by atoms with Gasteiger partial charge in [-0.2, -0.15) is 0 Å². The van der Waals surface area contributed by atoms with Crippen LogP contribution in [0.5, 0.6) is 0 Å². The van der Waals surface area contributed by atoms with Crippen molar-refractivity contribution >= 4 is 17.3 Å². The SMILES string of the molecule is CCOC(=O)c1cccc(-c2cc(-c3ccc(C(C)C)cc3)cs2)c1. The molecule has 3 heteroatoms. The molecule has 0 radical (unpaired) electrons. The molecule has 2 nitrogen and oxygen atoms in total. The standard InChI is InChI=1S/C22H22O2S/c1-4-24-22(23)19-7-5-6-18(12-19)21-13-20(14-25-21)17-10-8-16(9-11-17)15(2)3/h5-15H,4H2,1-3H3. The van der Waals surface area contributed by atoms with Crippen molar-refractivity contribution in [3.8, 4) is 21.6 Å². The van der Waals surface area contributed by atoms with Crippen LogP contribution in [-0.2, 0) is 4.74 Å². The Hall–Kier alpha value is -2.39. The van der Waals surface area contributed by atoms with E-state index in [1.807, 2.05) is 25.1 Å². The molecule has 25 heavy (non-hydrogen) atoms. The smallest absolute Gasteiger partial charge is 0.338 e. The molecule has 0 unspecified atom stereocenters. The first-order chi connectivity index (χ1) is 12.1. The summed E-state index contributed by atoms with van der Waals surface area (Å²) in [7, 11) is 0. The first-order valence-corrected chi connectivity index (χ1v) is 9.43. The van der Waals surface area contributed by atoms with Crippen molar-refractivity contribution in [3.05, 3.63) is 71.1 Å². The second kappa shape index (κ2) is 7.66. The van der Waals surface area contributed by atoms with Crippen LogP contribution in [-0.4, -0.2) is 12.6 Å². The molecule has 0 amide bonds. The number of thiophene rings is 1. The van der Waals surface area contributed by atoms with Crippen molar-refractivity contribution in [2.75, 3.05) is 6.61 Å². The van der Waals surface area contributed by atoms with E-state index in [1.54, 1.807) is 17.4 Å². The molecule has 1 heterocycles. The normalized spacial score (nSPS) is 10.9.